The molecule has 4 aliphatic rings. The Bertz CT molecular complexity index is 2600. The number of imide groups is 2. The largest absolute Gasteiger partial charge is 0.443 e. The predicted octanol–water partition coefficient (Wildman–Crippen LogP) is 4.16. The summed E-state index contributed by atoms with van der Waals surface area (Å²) in [7, 11) is 0. The Morgan fingerprint density at radius 1 is 0.881 bits per heavy atom. The number of aromatic nitrogens is 8. The molecule has 0 aromatic carbocycles. The van der Waals surface area contributed by atoms with Crippen molar-refractivity contribution < 1.29 is 28.7 Å². The first kappa shape index (κ1) is 39.1. The van der Waals surface area contributed by atoms with E-state index in [1.807, 2.05) is 13.0 Å². The maximum absolute atomic E-state index is 12.9. The summed E-state index contributed by atoms with van der Waals surface area (Å²) in [6.07, 6.45) is 13.4. The molecule has 9 rings (SSSR count). The lowest BCUT2D eigenvalue weighted by Gasteiger charge is -2.27. The van der Waals surface area contributed by atoms with Gasteiger partial charge >= 0.3 is 6.09 Å². The van der Waals surface area contributed by atoms with Crippen molar-refractivity contribution in [3.8, 4) is 0 Å². The van der Waals surface area contributed by atoms with Gasteiger partial charge in [-0.2, -0.15) is 19.2 Å². The quantitative estimate of drug-likeness (QED) is 0.0930. The number of nitrogens with one attached hydrogen (secondary N) is 4. The van der Waals surface area contributed by atoms with Crippen LogP contribution < -0.4 is 26.2 Å². The molecule has 2 aliphatic heterocycles. The second kappa shape index (κ2) is 15.5. The fourth-order valence-corrected chi connectivity index (χ4v) is 6.48. The zero-order chi connectivity index (χ0) is 41.6. The van der Waals surface area contributed by atoms with Crippen LogP contribution in [-0.4, -0.2) is 86.6 Å². The second-order valence-electron chi connectivity index (χ2n) is 15.6. The van der Waals surface area contributed by atoms with Gasteiger partial charge in [-0.1, -0.05) is 11.6 Å². The highest BCUT2D eigenvalue weighted by atomic mass is 35.5. The van der Waals surface area contributed by atoms with Gasteiger partial charge in [0.15, 0.2) is 11.3 Å². The normalized spacial score (nSPS) is 18.0. The summed E-state index contributed by atoms with van der Waals surface area (Å²) in [5.41, 5.74) is 3.90. The molecular weight excluding hydrogens is 782 g/mol. The molecule has 20 heteroatoms. The summed E-state index contributed by atoms with van der Waals surface area (Å²) in [6.45, 7) is 7.77. The first-order valence-corrected chi connectivity index (χ1v) is 19.4. The van der Waals surface area contributed by atoms with E-state index < -0.39 is 17.6 Å². The molecule has 304 valence electrons. The van der Waals surface area contributed by atoms with Crippen LogP contribution in [0.5, 0.6) is 0 Å². The number of hydrogen-bond acceptors (Lipinski definition) is 14. The van der Waals surface area contributed by atoms with Crippen LogP contribution in [0.3, 0.4) is 0 Å². The van der Waals surface area contributed by atoms with E-state index in [1.54, 1.807) is 67.0 Å². The summed E-state index contributed by atoms with van der Waals surface area (Å²) in [5, 5.41) is 20.2. The summed E-state index contributed by atoms with van der Waals surface area (Å²) < 4.78 is 8.78. The van der Waals surface area contributed by atoms with Gasteiger partial charge < -0.3 is 15.4 Å². The topological polar surface area (TPSA) is 232 Å². The monoisotopic (exact) mass is 821 g/mol. The molecule has 0 radical (unpaired) electrons. The molecule has 4 N–H and O–H groups in total. The van der Waals surface area contributed by atoms with Crippen LogP contribution in [0.2, 0.25) is 5.15 Å². The average Bonchev–Trinajstić information content (AvgIpc) is 4.04. The number of nitrogens with zero attached hydrogens (tertiary/aromatic N) is 9. The molecular formula is C39H40ClN13O6. The van der Waals surface area contributed by atoms with Gasteiger partial charge in [-0.05, 0) is 65.5 Å². The molecule has 0 bridgehead atoms. The minimum absolute atomic E-state index is 0.00393. The Hall–Kier alpha value is -6.76. The van der Waals surface area contributed by atoms with Crippen LogP contribution in [0.15, 0.2) is 48.1 Å². The number of anilines is 3. The standard InChI is InChI=1S/C20H20N8O2.C19H20ClN5O4/c1-11-7-22-15(9-21-11)10-23-16-6-17(25-14-2-3-14)28-19(26-16)13(8-24-28)4-12-5-18(29)27-20(12)30;1-19(2,3)29-18(28)24(12-4-5-12)15-8-13(20)22-16-11(9-21-25(15)16)6-10-7-14(26)23-17(10)27/h4,6-9,14,25H,2-3,5,10H2,1H3,(H,23,26)(H,27,29,30);6,8-9,12H,4-5,7H2,1-3H3,(H,23,26,27)/b12-4+;10-6+. The van der Waals surface area contributed by atoms with Crippen LogP contribution in [0.25, 0.3) is 23.4 Å². The molecule has 2 saturated heterocycles. The number of fused-ring (bicyclic) bond motifs is 2. The van der Waals surface area contributed by atoms with E-state index in [-0.39, 0.29) is 41.8 Å². The molecule has 0 unspecified atom stereocenters. The number of rotatable bonds is 9. The number of hydrogen-bond donors (Lipinski definition) is 4. The lowest BCUT2D eigenvalue weighted by Crippen LogP contribution is -2.39. The van der Waals surface area contributed by atoms with Gasteiger partial charge in [0, 0.05) is 52.7 Å². The van der Waals surface area contributed by atoms with Gasteiger partial charge in [0.25, 0.3) is 11.8 Å². The number of ether oxygens (including phenoxy) is 1. The molecule has 5 aromatic rings. The van der Waals surface area contributed by atoms with Crippen LogP contribution in [-0.2, 0) is 30.5 Å². The molecule has 0 spiro atoms. The van der Waals surface area contributed by atoms with E-state index in [2.05, 4.69) is 51.4 Å². The lowest BCUT2D eigenvalue weighted by molar-refractivity contribution is -0.125. The van der Waals surface area contributed by atoms with Crippen LogP contribution >= 0.6 is 11.6 Å². The van der Waals surface area contributed by atoms with Crippen molar-refractivity contribution >= 4 is 82.2 Å². The Kier molecular flexibility index (Phi) is 10.3. The molecule has 2 aliphatic carbocycles. The third kappa shape index (κ3) is 9.04. The first-order chi connectivity index (χ1) is 28.2. The maximum atomic E-state index is 12.9. The second-order valence-corrected chi connectivity index (χ2v) is 16.0. The molecule has 5 amide bonds. The van der Waals surface area contributed by atoms with Gasteiger partial charge in [-0.15, -0.1) is 0 Å². The SMILES string of the molecule is CC(C)(C)OC(=O)N(c1cc(Cl)nc2c(/C=C3\CC(=O)NC3=O)cnn12)C1CC1.Cc1cnc(CNc2cc(NC3CC3)n3ncc(/C=C4\CC(=O)NC4=O)c3n2)cn1. The van der Waals surface area contributed by atoms with Crippen LogP contribution in [0.4, 0.5) is 22.2 Å². The van der Waals surface area contributed by atoms with Gasteiger partial charge in [0.05, 0.1) is 49.4 Å². The Morgan fingerprint density at radius 2 is 1.51 bits per heavy atom. The number of halogens is 1. The van der Waals surface area contributed by atoms with Crippen molar-refractivity contribution in [1.29, 1.82) is 0 Å². The van der Waals surface area contributed by atoms with Crippen molar-refractivity contribution in [3.63, 3.8) is 0 Å². The molecule has 19 nitrogen and oxygen atoms in total. The maximum Gasteiger partial charge on any atom is 0.416 e. The van der Waals surface area contributed by atoms with Crippen LogP contribution in [0, 0.1) is 6.92 Å². The Labute approximate surface area is 341 Å². The zero-order valence-electron chi connectivity index (χ0n) is 32.6. The Balaban J connectivity index is 0.000000164. The molecule has 5 aromatic heterocycles. The predicted molar refractivity (Wildman–Crippen MR) is 215 cm³/mol. The summed E-state index contributed by atoms with van der Waals surface area (Å²) in [4.78, 5) is 78.7. The Morgan fingerprint density at radius 3 is 2.05 bits per heavy atom. The van der Waals surface area contributed by atoms with Crippen molar-refractivity contribution in [2.75, 3.05) is 15.5 Å². The first-order valence-electron chi connectivity index (χ1n) is 19.0. The van der Waals surface area contributed by atoms with Crippen LogP contribution in [0.1, 0.15) is 81.8 Å². The van der Waals surface area contributed by atoms with E-state index in [4.69, 9.17) is 16.3 Å². The fourth-order valence-electron chi connectivity index (χ4n) is 6.30. The van der Waals surface area contributed by atoms with E-state index >= 15 is 0 Å². The number of aryl methyl sites for hydroxylation is 1. The average molecular weight is 822 g/mol. The highest BCUT2D eigenvalue weighted by molar-refractivity contribution is 6.30. The molecule has 0 atom stereocenters. The number of carbonyl (C=O) groups is 5. The van der Waals surface area contributed by atoms with Crippen molar-refractivity contribution in [2.45, 2.75) is 90.4 Å². The number of amides is 5. The van der Waals surface area contributed by atoms with Gasteiger partial charge in [0.2, 0.25) is 11.8 Å². The van der Waals surface area contributed by atoms with E-state index in [9.17, 15) is 24.0 Å². The van der Waals surface area contributed by atoms with Crippen molar-refractivity contribution in [1.82, 2.24) is 49.8 Å². The van der Waals surface area contributed by atoms with E-state index in [0.717, 1.165) is 42.9 Å². The fraction of sp³-hybridized carbons (Fsp3) is 0.359. The third-order valence-corrected chi connectivity index (χ3v) is 9.56. The summed E-state index contributed by atoms with van der Waals surface area (Å²) in [6, 6.07) is 3.89. The summed E-state index contributed by atoms with van der Waals surface area (Å²) in [5.74, 6) is 0.445. The minimum Gasteiger partial charge on any atom is -0.443 e. The van der Waals surface area contributed by atoms with Gasteiger partial charge in [-0.25, -0.2) is 14.8 Å². The van der Waals surface area contributed by atoms with Gasteiger partial charge in [-0.3, -0.25) is 44.7 Å². The summed E-state index contributed by atoms with van der Waals surface area (Å²) >= 11 is 6.24. The molecule has 4 fully saturated rings. The lowest BCUT2D eigenvalue weighted by atomic mass is 10.1. The molecule has 59 heavy (non-hydrogen) atoms. The van der Waals surface area contributed by atoms with E-state index in [0.29, 0.717) is 57.8 Å². The van der Waals surface area contributed by atoms with Crippen molar-refractivity contribution in [3.05, 3.63) is 75.7 Å². The van der Waals surface area contributed by atoms with Gasteiger partial charge in [0.1, 0.15) is 28.2 Å². The molecule has 2 saturated carbocycles. The molecule has 7 heterocycles. The third-order valence-electron chi connectivity index (χ3n) is 9.36. The number of carbonyl (C=O) groups excluding carboxylic acids is 5. The van der Waals surface area contributed by atoms with Crippen molar-refractivity contribution in [2.24, 2.45) is 0 Å². The smallest absolute Gasteiger partial charge is 0.416 e. The highest BCUT2D eigenvalue weighted by Gasteiger charge is 2.38. The highest BCUT2D eigenvalue weighted by Crippen LogP contribution is 2.35. The minimum atomic E-state index is -0.651. The van der Waals surface area contributed by atoms with E-state index in [1.165, 1.54) is 10.7 Å². The zero-order valence-corrected chi connectivity index (χ0v) is 33.3.